The van der Waals surface area contributed by atoms with Crippen LogP contribution in [0.1, 0.15) is 10.4 Å². The first-order valence-corrected chi connectivity index (χ1v) is 9.42. The molecule has 2 aliphatic rings. The van der Waals surface area contributed by atoms with E-state index in [0.717, 1.165) is 72.1 Å². The van der Waals surface area contributed by atoms with E-state index in [2.05, 4.69) is 14.7 Å². The number of piperazine rings is 1. The average Bonchev–Trinajstić information content (AvgIpc) is 2.68. The third-order valence-corrected chi connectivity index (χ3v) is 5.04. The molecule has 1 aromatic rings. The lowest BCUT2D eigenvalue weighted by atomic mass is 10.2. The molecule has 0 aliphatic carbocycles. The number of benzene rings is 1. The second-order valence-corrected chi connectivity index (χ2v) is 6.82. The van der Waals surface area contributed by atoms with Crippen LogP contribution < -0.4 is 0 Å². The van der Waals surface area contributed by atoms with E-state index in [1.54, 1.807) is 12.1 Å². The van der Waals surface area contributed by atoms with Crippen LogP contribution in [0, 0.1) is 0 Å². The minimum atomic E-state index is -0.339. The normalized spacial score (nSPS) is 20.2. The van der Waals surface area contributed by atoms with Gasteiger partial charge in [0.05, 0.1) is 18.8 Å². The molecule has 7 heteroatoms. The van der Waals surface area contributed by atoms with E-state index in [1.165, 1.54) is 12.1 Å². The number of phenols is 1. The van der Waals surface area contributed by atoms with Crippen LogP contribution in [0.3, 0.4) is 0 Å². The molecule has 0 bridgehead atoms. The average molecular weight is 363 g/mol. The summed E-state index contributed by atoms with van der Waals surface area (Å²) < 4.78 is 10.7. The summed E-state index contributed by atoms with van der Waals surface area (Å²) in [4.78, 5) is 19.3. The van der Waals surface area contributed by atoms with Gasteiger partial charge in [-0.1, -0.05) is 0 Å². The molecule has 1 aromatic carbocycles. The third kappa shape index (κ3) is 5.95. The van der Waals surface area contributed by atoms with Crippen LogP contribution in [0.2, 0.25) is 0 Å². The van der Waals surface area contributed by atoms with E-state index in [1.807, 2.05) is 0 Å². The summed E-state index contributed by atoms with van der Waals surface area (Å²) in [7, 11) is 0. The van der Waals surface area contributed by atoms with Gasteiger partial charge >= 0.3 is 5.97 Å². The molecule has 26 heavy (non-hydrogen) atoms. The lowest BCUT2D eigenvalue weighted by molar-refractivity contribution is 0.0276. The first-order valence-electron chi connectivity index (χ1n) is 9.42. The maximum Gasteiger partial charge on any atom is 0.338 e. The zero-order valence-electron chi connectivity index (χ0n) is 15.3. The molecule has 2 saturated heterocycles. The highest BCUT2D eigenvalue weighted by molar-refractivity contribution is 5.89. The van der Waals surface area contributed by atoms with Gasteiger partial charge in [0.15, 0.2) is 0 Å². The fraction of sp³-hybridized carbons (Fsp3) is 0.632. The molecule has 7 nitrogen and oxygen atoms in total. The molecule has 144 valence electrons. The maximum absolute atomic E-state index is 11.9. The fourth-order valence-electron chi connectivity index (χ4n) is 3.29. The lowest BCUT2D eigenvalue weighted by Gasteiger charge is -2.36. The minimum Gasteiger partial charge on any atom is -0.508 e. The van der Waals surface area contributed by atoms with Gasteiger partial charge in [0.1, 0.15) is 12.4 Å². The molecule has 2 heterocycles. The quantitative estimate of drug-likeness (QED) is 0.708. The van der Waals surface area contributed by atoms with E-state index in [4.69, 9.17) is 9.47 Å². The topological polar surface area (TPSA) is 65.5 Å². The van der Waals surface area contributed by atoms with E-state index >= 15 is 0 Å². The Labute approximate surface area is 155 Å². The van der Waals surface area contributed by atoms with Crippen molar-refractivity contribution in [3.63, 3.8) is 0 Å². The second-order valence-electron chi connectivity index (χ2n) is 6.82. The van der Waals surface area contributed by atoms with Gasteiger partial charge in [-0.3, -0.25) is 14.7 Å². The van der Waals surface area contributed by atoms with Gasteiger partial charge in [0.25, 0.3) is 0 Å². The highest BCUT2D eigenvalue weighted by atomic mass is 16.5. The number of rotatable bonds is 7. The van der Waals surface area contributed by atoms with Gasteiger partial charge in [-0.25, -0.2) is 4.79 Å². The summed E-state index contributed by atoms with van der Waals surface area (Å²) in [6.45, 7) is 11.4. The summed E-state index contributed by atoms with van der Waals surface area (Å²) in [5, 5.41) is 9.25. The Morgan fingerprint density at radius 2 is 1.42 bits per heavy atom. The van der Waals surface area contributed by atoms with Crippen LogP contribution in [0.5, 0.6) is 5.75 Å². The zero-order chi connectivity index (χ0) is 18.2. The Morgan fingerprint density at radius 3 is 2.04 bits per heavy atom. The van der Waals surface area contributed by atoms with Crippen molar-refractivity contribution in [2.45, 2.75) is 0 Å². The van der Waals surface area contributed by atoms with Gasteiger partial charge in [0.2, 0.25) is 0 Å². The van der Waals surface area contributed by atoms with Crippen molar-refractivity contribution in [3.8, 4) is 5.75 Å². The number of carbonyl (C=O) groups is 1. The summed E-state index contributed by atoms with van der Waals surface area (Å²) in [6, 6.07) is 6.13. The number of hydrogen-bond acceptors (Lipinski definition) is 7. The molecule has 2 fully saturated rings. The summed E-state index contributed by atoms with van der Waals surface area (Å²) in [5.41, 5.74) is 0.468. The van der Waals surface area contributed by atoms with Gasteiger partial charge in [-0.05, 0) is 24.3 Å². The van der Waals surface area contributed by atoms with Crippen molar-refractivity contribution in [2.75, 3.05) is 78.7 Å². The fourth-order valence-corrected chi connectivity index (χ4v) is 3.29. The second kappa shape index (κ2) is 9.87. The van der Waals surface area contributed by atoms with E-state index < -0.39 is 0 Å². The van der Waals surface area contributed by atoms with Gasteiger partial charge in [-0.15, -0.1) is 0 Å². The summed E-state index contributed by atoms with van der Waals surface area (Å²) >= 11 is 0. The lowest BCUT2D eigenvalue weighted by Crippen LogP contribution is -2.50. The van der Waals surface area contributed by atoms with Crippen LogP contribution in [-0.2, 0) is 9.47 Å². The molecular formula is C19H29N3O4. The molecule has 0 spiro atoms. The first-order chi connectivity index (χ1) is 12.7. The van der Waals surface area contributed by atoms with E-state index in [0.29, 0.717) is 12.2 Å². The molecular weight excluding hydrogens is 334 g/mol. The van der Waals surface area contributed by atoms with Crippen molar-refractivity contribution in [3.05, 3.63) is 29.8 Å². The predicted molar refractivity (Wildman–Crippen MR) is 98.5 cm³/mol. The maximum atomic E-state index is 11.9. The number of nitrogens with zero attached hydrogens (tertiary/aromatic N) is 3. The SMILES string of the molecule is O=C(OCCN1CCN(CCN2CCOCC2)CC1)c1ccc(O)cc1. The van der Waals surface area contributed by atoms with Crippen LogP contribution in [-0.4, -0.2) is 104 Å². The third-order valence-electron chi connectivity index (χ3n) is 5.04. The van der Waals surface area contributed by atoms with Crippen LogP contribution >= 0.6 is 0 Å². The Bertz CT molecular complexity index is 552. The minimum absolute atomic E-state index is 0.146. The van der Waals surface area contributed by atoms with Crippen molar-refractivity contribution in [1.82, 2.24) is 14.7 Å². The molecule has 0 atom stereocenters. The summed E-state index contributed by atoms with van der Waals surface area (Å²) in [6.07, 6.45) is 0. The Kier molecular flexibility index (Phi) is 7.25. The smallest absolute Gasteiger partial charge is 0.338 e. The van der Waals surface area contributed by atoms with Gasteiger partial charge in [-0.2, -0.15) is 0 Å². The molecule has 3 rings (SSSR count). The molecule has 2 aliphatic heterocycles. The van der Waals surface area contributed by atoms with Crippen molar-refractivity contribution < 1.29 is 19.4 Å². The first kappa shape index (κ1) is 19.1. The summed E-state index contributed by atoms with van der Waals surface area (Å²) in [5.74, 6) is -0.192. The molecule has 0 aromatic heterocycles. The van der Waals surface area contributed by atoms with Crippen LogP contribution in [0.15, 0.2) is 24.3 Å². The highest BCUT2D eigenvalue weighted by Gasteiger charge is 2.18. The largest absolute Gasteiger partial charge is 0.508 e. The number of hydrogen-bond donors (Lipinski definition) is 1. The Morgan fingerprint density at radius 1 is 0.885 bits per heavy atom. The molecule has 0 amide bonds. The van der Waals surface area contributed by atoms with Crippen molar-refractivity contribution in [1.29, 1.82) is 0 Å². The van der Waals surface area contributed by atoms with E-state index in [9.17, 15) is 9.90 Å². The molecule has 0 radical (unpaired) electrons. The number of morpholine rings is 1. The standard InChI is InChI=1S/C19H29N3O4/c23-18-3-1-17(2-4-18)19(24)26-16-13-21-8-5-20(6-9-21)7-10-22-11-14-25-15-12-22/h1-4,23H,5-16H2. The predicted octanol–water partition coefficient (Wildman–Crippen LogP) is 0.499. The molecule has 1 N–H and O–H groups in total. The Balaban J connectivity index is 1.28. The Hall–Kier alpha value is -1.67. The van der Waals surface area contributed by atoms with Crippen LogP contribution in [0.25, 0.3) is 0 Å². The molecule has 0 saturated carbocycles. The number of phenolic OH excluding ortho intramolecular Hbond substituents is 1. The van der Waals surface area contributed by atoms with Gasteiger partial charge in [0, 0.05) is 58.9 Å². The number of ether oxygens (including phenoxy) is 2. The van der Waals surface area contributed by atoms with E-state index in [-0.39, 0.29) is 11.7 Å². The number of aromatic hydroxyl groups is 1. The van der Waals surface area contributed by atoms with Crippen molar-refractivity contribution in [2.24, 2.45) is 0 Å². The van der Waals surface area contributed by atoms with Gasteiger partial charge < -0.3 is 14.6 Å². The monoisotopic (exact) mass is 363 g/mol. The van der Waals surface area contributed by atoms with Crippen LogP contribution in [0.4, 0.5) is 0 Å². The number of carbonyl (C=O) groups excluding carboxylic acids is 1. The number of esters is 1. The highest BCUT2D eigenvalue weighted by Crippen LogP contribution is 2.10. The zero-order valence-corrected chi connectivity index (χ0v) is 15.3. The molecule has 0 unspecified atom stereocenters. The van der Waals surface area contributed by atoms with Crippen molar-refractivity contribution >= 4 is 5.97 Å².